The number of likely N-dealkylation sites (tertiary alicyclic amines) is 1. The first-order chi connectivity index (χ1) is 14.3. The normalized spacial score (nSPS) is 18.4. The Morgan fingerprint density at radius 3 is 2.40 bits per heavy atom. The fourth-order valence-corrected chi connectivity index (χ4v) is 3.39. The van der Waals surface area contributed by atoms with Crippen molar-refractivity contribution in [1.29, 1.82) is 0 Å². The smallest absolute Gasteiger partial charge is 0.341 e. The minimum absolute atomic E-state index is 0.0250. The van der Waals surface area contributed by atoms with Crippen LogP contribution in [0.5, 0.6) is 5.75 Å². The summed E-state index contributed by atoms with van der Waals surface area (Å²) in [5.41, 5.74) is 5.44. The molecule has 0 saturated carbocycles. The summed E-state index contributed by atoms with van der Waals surface area (Å²) in [7, 11) is 0. The molecule has 0 spiro atoms. The van der Waals surface area contributed by atoms with Gasteiger partial charge in [-0.1, -0.05) is 0 Å². The van der Waals surface area contributed by atoms with Crippen molar-refractivity contribution >= 4 is 18.2 Å². The van der Waals surface area contributed by atoms with Crippen LogP contribution >= 0.6 is 0 Å². The molecular weight excluding hydrogens is 401 g/mol. The number of halogens is 3. The van der Waals surface area contributed by atoms with Gasteiger partial charge in [-0.2, -0.15) is 5.10 Å². The van der Waals surface area contributed by atoms with Gasteiger partial charge in [0.1, 0.15) is 17.7 Å². The fourth-order valence-electron chi connectivity index (χ4n) is 3.39. The lowest BCUT2D eigenvalue weighted by Crippen LogP contribution is -2.58. The Hall–Kier alpha value is -3.56. The van der Waals surface area contributed by atoms with Crippen molar-refractivity contribution in [2.75, 3.05) is 13.1 Å². The lowest BCUT2D eigenvalue weighted by atomic mass is 10.0. The number of rotatable bonds is 4. The first-order valence-corrected chi connectivity index (χ1v) is 9.14. The van der Waals surface area contributed by atoms with E-state index in [1.807, 2.05) is 0 Å². The quantitative estimate of drug-likeness (QED) is 0.828. The summed E-state index contributed by atoms with van der Waals surface area (Å²) in [6, 6.07) is 5.69. The Labute approximate surface area is 169 Å². The molecule has 1 fully saturated rings. The van der Waals surface area contributed by atoms with Gasteiger partial charge in [0.25, 0.3) is 0 Å². The summed E-state index contributed by atoms with van der Waals surface area (Å²) in [5, 5.41) is 5.21. The number of urea groups is 1. The zero-order valence-corrected chi connectivity index (χ0v) is 15.6. The molecule has 0 aromatic heterocycles. The van der Waals surface area contributed by atoms with Crippen LogP contribution in [-0.4, -0.2) is 47.3 Å². The average molecular weight is 418 g/mol. The van der Waals surface area contributed by atoms with E-state index in [-0.39, 0.29) is 24.4 Å². The van der Waals surface area contributed by atoms with Crippen molar-refractivity contribution in [3.63, 3.8) is 0 Å². The van der Waals surface area contributed by atoms with Crippen molar-refractivity contribution in [2.45, 2.75) is 18.6 Å². The van der Waals surface area contributed by atoms with E-state index in [1.165, 1.54) is 40.4 Å². The maximum atomic E-state index is 14.0. The highest BCUT2D eigenvalue weighted by Gasteiger charge is 2.39. The lowest BCUT2D eigenvalue weighted by molar-refractivity contribution is 0.0257. The number of carbonyl (C=O) groups excluding carboxylic acids is 2. The third kappa shape index (κ3) is 3.80. The van der Waals surface area contributed by atoms with E-state index in [1.54, 1.807) is 0 Å². The van der Waals surface area contributed by atoms with Crippen LogP contribution in [0.15, 0.2) is 41.5 Å². The van der Waals surface area contributed by atoms with Crippen LogP contribution in [-0.2, 0) is 0 Å². The van der Waals surface area contributed by atoms with E-state index in [0.29, 0.717) is 12.0 Å². The molecule has 2 N–H and O–H groups in total. The average Bonchev–Trinajstić information content (AvgIpc) is 3.14. The molecule has 7 nitrogen and oxygen atoms in total. The number of hydrogen-bond acceptors (Lipinski definition) is 4. The Morgan fingerprint density at radius 1 is 1.07 bits per heavy atom. The molecule has 0 unspecified atom stereocenters. The van der Waals surface area contributed by atoms with Crippen LogP contribution in [0.2, 0.25) is 0 Å². The Bertz CT molecular complexity index is 1020. The van der Waals surface area contributed by atoms with Crippen molar-refractivity contribution in [3.05, 3.63) is 65.0 Å². The van der Waals surface area contributed by atoms with Crippen LogP contribution < -0.4 is 10.5 Å². The van der Waals surface area contributed by atoms with Crippen LogP contribution in [0.25, 0.3) is 0 Å². The highest BCUT2D eigenvalue weighted by molar-refractivity contribution is 5.92. The fraction of sp³-hybridized carbons (Fsp3) is 0.250. The zero-order valence-electron chi connectivity index (χ0n) is 15.6. The molecule has 0 radical (unpaired) electrons. The summed E-state index contributed by atoms with van der Waals surface area (Å²) in [4.78, 5) is 25.2. The van der Waals surface area contributed by atoms with Crippen LogP contribution in [0, 0.1) is 17.5 Å². The van der Waals surface area contributed by atoms with Crippen molar-refractivity contribution in [2.24, 2.45) is 10.8 Å². The van der Waals surface area contributed by atoms with Gasteiger partial charge in [-0.3, -0.25) is 4.79 Å². The molecule has 156 valence electrons. The maximum absolute atomic E-state index is 14.0. The molecule has 3 amide bonds. The van der Waals surface area contributed by atoms with E-state index in [2.05, 4.69) is 5.10 Å². The summed E-state index contributed by atoms with van der Waals surface area (Å²) in [5.74, 6) is -2.99. The molecule has 30 heavy (non-hydrogen) atoms. The van der Waals surface area contributed by atoms with E-state index in [9.17, 15) is 22.8 Å². The van der Waals surface area contributed by atoms with Gasteiger partial charge in [-0.25, -0.2) is 23.0 Å². The Morgan fingerprint density at radius 2 is 1.77 bits per heavy atom. The van der Waals surface area contributed by atoms with Gasteiger partial charge in [0, 0.05) is 24.3 Å². The third-order valence-electron chi connectivity index (χ3n) is 4.92. The van der Waals surface area contributed by atoms with E-state index in [0.717, 1.165) is 12.1 Å². The van der Waals surface area contributed by atoms with Gasteiger partial charge in [-0.15, -0.1) is 0 Å². The predicted molar refractivity (Wildman–Crippen MR) is 100 cm³/mol. The summed E-state index contributed by atoms with van der Waals surface area (Å²) in [6.07, 6.45) is 1.40. The van der Waals surface area contributed by atoms with Gasteiger partial charge < -0.3 is 15.4 Å². The summed E-state index contributed by atoms with van der Waals surface area (Å²) < 4.78 is 46.6. The summed E-state index contributed by atoms with van der Waals surface area (Å²) >= 11 is 0. The van der Waals surface area contributed by atoms with Gasteiger partial charge in [-0.05, 0) is 35.9 Å². The standard InChI is InChI=1S/C20H17F3N4O3/c21-13-5-12(6-14(22)8-13)17-3-4-25-27(17)20(29)26-9-15(10-26)30-18-2-1-11(19(24)28)7-16(18)23/h1-2,4-8,15,17H,3,9-10H2,(H2,24,28)/t17-/m0/s1. The maximum Gasteiger partial charge on any atom is 0.341 e. The topological polar surface area (TPSA) is 88.2 Å². The molecule has 1 atom stereocenters. The van der Waals surface area contributed by atoms with Gasteiger partial charge >= 0.3 is 6.03 Å². The number of ether oxygens (including phenoxy) is 1. The molecular formula is C20H17F3N4O3. The minimum Gasteiger partial charge on any atom is -0.484 e. The van der Waals surface area contributed by atoms with E-state index >= 15 is 0 Å². The van der Waals surface area contributed by atoms with Crippen LogP contribution in [0.1, 0.15) is 28.4 Å². The molecule has 2 aromatic carbocycles. The van der Waals surface area contributed by atoms with Crippen molar-refractivity contribution < 1.29 is 27.5 Å². The van der Waals surface area contributed by atoms with Crippen molar-refractivity contribution in [3.8, 4) is 5.75 Å². The first-order valence-electron chi connectivity index (χ1n) is 9.14. The van der Waals surface area contributed by atoms with Gasteiger partial charge in [0.05, 0.1) is 19.1 Å². The van der Waals surface area contributed by atoms with Crippen LogP contribution in [0.3, 0.4) is 0 Å². The second kappa shape index (κ2) is 7.69. The molecule has 0 aliphatic carbocycles. The number of nitrogens with two attached hydrogens (primary N) is 1. The number of hydrogen-bond donors (Lipinski definition) is 1. The lowest BCUT2D eigenvalue weighted by Gasteiger charge is -2.41. The Balaban J connectivity index is 1.38. The molecule has 1 saturated heterocycles. The number of carbonyl (C=O) groups is 2. The third-order valence-corrected chi connectivity index (χ3v) is 4.92. The highest BCUT2D eigenvalue weighted by Crippen LogP contribution is 2.31. The number of benzene rings is 2. The molecule has 2 aliphatic heterocycles. The molecule has 4 rings (SSSR count). The number of primary amides is 1. The number of nitrogens with zero attached hydrogens (tertiary/aromatic N) is 3. The zero-order chi connectivity index (χ0) is 21.4. The molecule has 10 heteroatoms. The Kier molecular flexibility index (Phi) is 5.06. The highest BCUT2D eigenvalue weighted by atomic mass is 19.1. The monoisotopic (exact) mass is 418 g/mol. The van der Waals surface area contributed by atoms with E-state index < -0.39 is 41.5 Å². The first kappa shape index (κ1) is 19.7. The second-order valence-electron chi connectivity index (χ2n) is 7.03. The number of amides is 3. The van der Waals surface area contributed by atoms with E-state index in [4.69, 9.17) is 10.5 Å². The largest absolute Gasteiger partial charge is 0.484 e. The minimum atomic E-state index is -0.750. The predicted octanol–water partition coefficient (Wildman–Crippen LogP) is 2.82. The molecule has 2 heterocycles. The molecule has 0 bridgehead atoms. The molecule has 2 aliphatic rings. The number of hydrazone groups is 1. The van der Waals surface area contributed by atoms with Gasteiger partial charge in [0.2, 0.25) is 5.91 Å². The second-order valence-corrected chi connectivity index (χ2v) is 7.03. The summed E-state index contributed by atoms with van der Waals surface area (Å²) in [6.45, 7) is 0.373. The van der Waals surface area contributed by atoms with Crippen LogP contribution in [0.4, 0.5) is 18.0 Å². The molecule has 2 aromatic rings. The van der Waals surface area contributed by atoms with Gasteiger partial charge in [0.15, 0.2) is 11.6 Å². The van der Waals surface area contributed by atoms with Crippen molar-refractivity contribution in [1.82, 2.24) is 9.91 Å². The SMILES string of the molecule is NC(=O)c1ccc(OC2CN(C(=O)N3N=CC[C@H]3c3cc(F)cc(F)c3)C2)c(F)c1.